The van der Waals surface area contributed by atoms with E-state index in [9.17, 15) is 4.79 Å². The van der Waals surface area contributed by atoms with Gasteiger partial charge in [0, 0.05) is 0 Å². The summed E-state index contributed by atoms with van der Waals surface area (Å²) in [5.41, 5.74) is 4.60. The summed E-state index contributed by atoms with van der Waals surface area (Å²) in [6.45, 7) is 6.48. The molecule has 3 nitrogen and oxygen atoms in total. The van der Waals surface area contributed by atoms with Gasteiger partial charge in [-0.2, -0.15) is 0 Å². The van der Waals surface area contributed by atoms with Crippen molar-refractivity contribution in [2.24, 2.45) is 0 Å². The van der Waals surface area contributed by atoms with Crippen LogP contribution >= 0.6 is 0 Å². The van der Waals surface area contributed by atoms with Gasteiger partial charge < -0.3 is 9.84 Å². The molecule has 0 radical (unpaired) electrons. The summed E-state index contributed by atoms with van der Waals surface area (Å²) in [7, 11) is 0. The predicted molar refractivity (Wildman–Crippen MR) is 78.4 cm³/mol. The molecule has 0 heterocycles. The fraction of sp³-hybridized carbons (Fsp3) is 0.235. The van der Waals surface area contributed by atoms with Gasteiger partial charge in [0.1, 0.15) is 12.4 Å². The molecule has 104 valence electrons. The Morgan fingerprint density at radius 2 is 1.90 bits per heavy atom. The monoisotopic (exact) mass is 270 g/mol. The van der Waals surface area contributed by atoms with Gasteiger partial charge in [-0.3, -0.25) is 0 Å². The molecule has 0 saturated heterocycles. The topological polar surface area (TPSA) is 46.5 Å². The van der Waals surface area contributed by atoms with Crippen LogP contribution in [0.2, 0.25) is 0 Å². The molecule has 0 spiro atoms. The van der Waals surface area contributed by atoms with Crippen LogP contribution in [0.4, 0.5) is 0 Å². The van der Waals surface area contributed by atoms with E-state index in [4.69, 9.17) is 9.84 Å². The van der Waals surface area contributed by atoms with Crippen LogP contribution in [0.5, 0.6) is 5.75 Å². The zero-order valence-electron chi connectivity index (χ0n) is 11.9. The van der Waals surface area contributed by atoms with Crippen LogP contribution in [0.15, 0.2) is 36.4 Å². The van der Waals surface area contributed by atoms with E-state index in [1.54, 1.807) is 18.2 Å². The fourth-order valence-corrected chi connectivity index (χ4v) is 2.11. The van der Waals surface area contributed by atoms with Gasteiger partial charge >= 0.3 is 5.97 Å². The van der Waals surface area contributed by atoms with E-state index >= 15 is 0 Å². The van der Waals surface area contributed by atoms with Gasteiger partial charge in [0.2, 0.25) is 0 Å². The van der Waals surface area contributed by atoms with Crippen molar-refractivity contribution in [3.05, 3.63) is 64.2 Å². The molecule has 0 unspecified atom stereocenters. The van der Waals surface area contributed by atoms with Crippen molar-refractivity contribution in [1.82, 2.24) is 0 Å². The van der Waals surface area contributed by atoms with Crippen LogP contribution < -0.4 is 4.74 Å². The van der Waals surface area contributed by atoms with Gasteiger partial charge in [0.25, 0.3) is 0 Å². The lowest BCUT2D eigenvalue weighted by Crippen LogP contribution is -2.01. The van der Waals surface area contributed by atoms with Crippen LogP contribution in [0, 0.1) is 20.8 Å². The molecule has 2 aromatic rings. The SMILES string of the molecule is Cc1cc(C)c(C)c(OCc2cccc(C(=O)O)c2)c1. The van der Waals surface area contributed by atoms with Crippen molar-refractivity contribution >= 4 is 5.97 Å². The van der Waals surface area contributed by atoms with E-state index in [-0.39, 0.29) is 5.56 Å². The number of carboxylic acids is 1. The maximum absolute atomic E-state index is 10.9. The smallest absolute Gasteiger partial charge is 0.335 e. The van der Waals surface area contributed by atoms with Crippen LogP contribution in [0.1, 0.15) is 32.6 Å². The van der Waals surface area contributed by atoms with Crippen molar-refractivity contribution < 1.29 is 14.6 Å². The van der Waals surface area contributed by atoms with Crippen molar-refractivity contribution in [2.45, 2.75) is 27.4 Å². The molecule has 0 bridgehead atoms. The minimum Gasteiger partial charge on any atom is -0.489 e. The molecule has 3 heteroatoms. The number of aryl methyl sites for hydroxylation is 2. The normalized spacial score (nSPS) is 10.3. The lowest BCUT2D eigenvalue weighted by molar-refractivity contribution is 0.0696. The third-order valence-electron chi connectivity index (χ3n) is 3.33. The van der Waals surface area contributed by atoms with Crippen LogP contribution in [0.25, 0.3) is 0 Å². The second-order valence-electron chi connectivity index (χ2n) is 5.00. The summed E-state index contributed by atoms with van der Waals surface area (Å²) < 4.78 is 5.83. The Labute approximate surface area is 118 Å². The van der Waals surface area contributed by atoms with E-state index in [0.29, 0.717) is 6.61 Å². The molecule has 0 aliphatic heterocycles. The summed E-state index contributed by atoms with van der Waals surface area (Å²) in [6.07, 6.45) is 0. The summed E-state index contributed by atoms with van der Waals surface area (Å²) in [5, 5.41) is 8.97. The first kappa shape index (κ1) is 14.1. The molecular formula is C17H18O3. The molecule has 0 fully saturated rings. The van der Waals surface area contributed by atoms with E-state index < -0.39 is 5.97 Å². The first-order chi connectivity index (χ1) is 9.47. The molecule has 0 aliphatic rings. The van der Waals surface area contributed by atoms with Crippen LogP contribution in [-0.4, -0.2) is 11.1 Å². The van der Waals surface area contributed by atoms with Crippen molar-refractivity contribution in [3.8, 4) is 5.75 Å². The largest absolute Gasteiger partial charge is 0.489 e. The van der Waals surface area contributed by atoms with E-state index in [1.807, 2.05) is 26.0 Å². The van der Waals surface area contributed by atoms with Crippen molar-refractivity contribution in [1.29, 1.82) is 0 Å². The number of hydrogen-bond acceptors (Lipinski definition) is 2. The molecule has 1 N–H and O–H groups in total. The van der Waals surface area contributed by atoms with Crippen LogP contribution in [0.3, 0.4) is 0 Å². The summed E-state index contributed by atoms with van der Waals surface area (Å²) in [5.74, 6) is -0.0716. The van der Waals surface area contributed by atoms with E-state index in [0.717, 1.165) is 22.4 Å². The Balaban J connectivity index is 2.17. The highest BCUT2D eigenvalue weighted by Gasteiger charge is 2.06. The predicted octanol–water partition coefficient (Wildman–Crippen LogP) is 3.89. The van der Waals surface area contributed by atoms with E-state index in [1.165, 1.54) is 5.56 Å². The van der Waals surface area contributed by atoms with Gasteiger partial charge in [-0.1, -0.05) is 18.2 Å². The lowest BCUT2D eigenvalue weighted by Gasteiger charge is -2.12. The molecule has 0 atom stereocenters. The maximum atomic E-state index is 10.9. The minimum atomic E-state index is -0.922. The minimum absolute atomic E-state index is 0.281. The third-order valence-corrected chi connectivity index (χ3v) is 3.33. The molecule has 0 aromatic heterocycles. The summed E-state index contributed by atoms with van der Waals surface area (Å²) >= 11 is 0. The maximum Gasteiger partial charge on any atom is 0.335 e. The van der Waals surface area contributed by atoms with Gasteiger partial charge in [0.15, 0.2) is 0 Å². The molecule has 0 saturated carbocycles. The average molecular weight is 270 g/mol. The third kappa shape index (κ3) is 3.18. The Hall–Kier alpha value is -2.29. The van der Waals surface area contributed by atoms with Crippen LogP contribution in [-0.2, 0) is 6.61 Å². The summed E-state index contributed by atoms with van der Waals surface area (Å²) in [4.78, 5) is 10.9. The number of carboxylic acid groups (broad SMARTS) is 1. The van der Waals surface area contributed by atoms with Gasteiger partial charge in [0.05, 0.1) is 5.56 Å². The number of carbonyl (C=O) groups is 1. The highest BCUT2D eigenvalue weighted by molar-refractivity contribution is 5.87. The molecule has 0 aliphatic carbocycles. The highest BCUT2D eigenvalue weighted by atomic mass is 16.5. The number of benzene rings is 2. The fourth-order valence-electron chi connectivity index (χ4n) is 2.11. The Bertz CT molecular complexity index is 645. The van der Waals surface area contributed by atoms with Gasteiger partial charge in [-0.05, 0) is 61.2 Å². The number of hydrogen-bond donors (Lipinski definition) is 1. The number of aromatic carboxylic acids is 1. The standard InChI is InChI=1S/C17H18O3/c1-11-7-12(2)13(3)16(8-11)20-10-14-5-4-6-15(9-14)17(18)19/h4-9H,10H2,1-3H3,(H,18,19). The van der Waals surface area contributed by atoms with Gasteiger partial charge in [-0.25, -0.2) is 4.79 Å². The van der Waals surface area contributed by atoms with Crippen molar-refractivity contribution in [3.63, 3.8) is 0 Å². The first-order valence-electron chi connectivity index (χ1n) is 6.50. The number of rotatable bonds is 4. The number of ether oxygens (including phenoxy) is 1. The molecule has 20 heavy (non-hydrogen) atoms. The first-order valence-corrected chi connectivity index (χ1v) is 6.50. The van der Waals surface area contributed by atoms with Crippen molar-refractivity contribution in [2.75, 3.05) is 0 Å². The Morgan fingerprint density at radius 3 is 2.60 bits per heavy atom. The lowest BCUT2D eigenvalue weighted by atomic mass is 10.1. The summed E-state index contributed by atoms with van der Waals surface area (Å²) in [6, 6.07) is 10.9. The Morgan fingerprint density at radius 1 is 1.15 bits per heavy atom. The molecular weight excluding hydrogens is 252 g/mol. The second-order valence-corrected chi connectivity index (χ2v) is 5.00. The van der Waals surface area contributed by atoms with Gasteiger partial charge in [-0.15, -0.1) is 0 Å². The zero-order valence-corrected chi connectivity index (χ0v) is 11.9. The molecule has 0 amide bonds. The quantitative estimate of drug-likeness (QED) is 0.916. The zero-order chi connectivity index (χ0) is 14.7. The molecule has 2 aromatic carbocycles. The Kier molecular flexibility index (Phi) is 4.08. The average Bonchev–Trinajstić information content (AvgIpc) is 2.41. The second kappa shape index (κ2) is 5.78. The highest BCUT2D eigenvalue weighted by Crippen LogP contribution is 2.24. The van der Waals surface area contributed by atoms with E-state index in [2.05, 4.69) is 13.0 Å². The molecule has 2 rings (SSSR count).